The summed E-state index contributed by atoms with van der Waals surface area (Å²) >= 11 is 0. The van der Waals surface area contributed by atoms with Gasteiger partial charge in [-0.1, -0.05) is 35.9 Å². The van der Waals surface area contributed by atoms with Gasteiger partial charge in [0.05, 0.1) is 12.3 Å². The minimum absolute atomic E-state index is 0.130. The second kappa shape index (κ2) is 7.54. The Morgan fingerprint density at radius 1 is 1.27 bits per heavy atom. The fourth-order valence-corrected chi connectivity index (χ4v) is 2.06. The van der Waals surface area contributed by atoms with E-state index in [0.29, 0.717) is 19.4 Å². The standard InChI is InChI=1S/C17H20N2O3/c1-3-22-17(21)12-19-16(20)11-10-15(18-19)9-8-14-6-4-13(2)5-7-14/h4-9H,3,10-12H2,1-2H3/b9-8+. The van der Waals surface area contributed by atoms with Crippen molar-refractivity contribution in [3.05, 3.63) is 41.5 Å². The third kappa shape index (κ3) is 4.55. The number of carbonyl (C=O) groups is 2. The fourth-order valence-electron chi connectivity index (χ4n) is 2.06. The maximum absolute atomic E-state index is 11.8. The minimum Gasteiger partial charge on any atom is -0.465 e. The molecular weight excluding hydrogens is 280 g/mol. The maximum atomic E-state index is 11.8. The van der Waals surface area contributed by atoms with E-state index in [2.05, 4.69) is 5.10 Å². The lowest BCUT2D eigenvalue weighted by molar-refractivity contribution is -0.149. The van der Waals surface area contributed by atoms with Crippen LogP contribution in [0.5, 0.6) is 0 Å². The average molecular weight is 300 g/mol. The van der Waals surface area contributed by atoms with Gasteiger partial charge >= 0.3 is 5.97 Å². The highest BCUT2D eigenvalue weighted by molar-refractivity contribution is 6.02. The van der Waals surface area contributed by atoms with Crippen LogP contribution in [0.4, 0.5) is 0 Å². The summed E-state index contributed by atoms with van der Waals surface area (Å²) in [6, 6.07) is 8.13. The van der Waals surface area contributed by atoms with E-state index in [4.69, 9.17) is 4.74 Å². The molecule has 22 heavy (non-hydrogen) atoms. The van der Waals surface area contributed by atoms with Crippen molar-refractivity contribution in [1.29, 1.82) is 0 Å². The summed E-state index contributed by atoms with van der Waals surface area (Å²) in [5.74, 6) is -0.594. The lowest BCUT2D eigenvalue weighted by atomic mass is 10.1. The molecule has 5 heteroatoms. The number of carbonyl (C=O) groups excluding carboxylic acids is 2. The van der Waals surface area contributed by atoms with Crippen molar-refractivity contribution in [3.63, 3.8) is 0 Å². The molecular formula is C17H20N2O3. The van der Waals surface area contributed by atoms with Crippen LogP contribution in [0.25, 0.3) is 6.08 Å². The van der Waals surface area contributed by atoms with E-state index >= 15 is 0 Å². The Labute approximate surface area is 130 Å². The van der Waals surface area contributed by atoms with Gasteiger partial charge in [-0.25, -0.2) is 5.01 Å². The summed E-state index contributed by atoms with van der Waals surface area (Å²) in [6.07, 6.45) is 4.78. The monoisotopic (exact) mass is 300 g/mol. The van der Waals surface area contributed by atoms with Crippen LogP contribution in [0, 0.1) is 6.92 Å². The molecule has 0 saturated carbocycles. The molecule has 1 aromatic rings. The number of benzene rings is 1. The first-order chi connectivity index (χ1) is 10.6. The Kier molecular flexibility index (Phi) is 5.47. The molecule has 1 aromatic carbocycles. The first-order valence-corrected chi connectivity index (χ1v) is 7.36. The summed E-state index contributed by atoms with van der Waals surface area (Å²) in [7, 11) is 0. The largest absolute Gasteiger partial charge is 0.465 e. The molecule has 0 bridgehead atoms. The van der Waals surface area contributed by atoms with Gasteiger partial charge in [0.15, 0.2) is 0 Å². The normalized spacial score (nSPS) is 15.1. The van der Waals surface area contributed by atoms with Crippen molar-refractivity contribution >= 4 is 23.7 Å². The SMILES string of the molecule is CCOC(=O)CN1N=C(/C=C/c2ccc(C)cc2)CCC1=O. The van der Waals surface area contributed by atoms with Gasteiger partial charge in [0.2, 0.25) is 5.91 Å². The molecule has 0 aliphatic carbocycles. The van der Waals surface area contributed by atoms with E-state index in [1.54, 1.807) is 6.92 Å². The minimum atomic E-state index is -0.441. The first-order valence-electron chi connectivity index (χ1n) is 7.36. The quantitative estimate of drug-likeness (QED) is 0.785. The van der Waals surface area contributed by atoms with Crippen LogP contribution in [0.3, 0.4) is 0 Å². The second-order valence-electron chi connectivity index (χ2n) is 5.09. The highest BCUT2D eigenvalue weighted by Crippen LogP contribution is 2.12. The summed E-state index contributed by atoms with van der Waals surface area (Å²) in [5, 5.41) is 5.42. The molecule has 0 atom stereocenters. The molecule has 2 rings (SSSR count). The smallest absolute Gasteiger partial charge is 0.327 e. The first kappa shape index (κ1) is 15.9. The Morgan fingerprint density at radius 2 is 2.00 bits per heavy atom. The fraction of sp³-hybridized carbons (Fsp3) is 0.353. The molecule has 5 nitrogen and oxygen atoms in total. The molecule has 0 fully saturated rings. The average Bonchev–Trinajstić information content (AvgIpc) is 2.50. The van der Waals surface area contributed by atoms with Gasteiger partial charge in [-0.15, -0.1) is 0 Å². The van der Waals surface area contributed by atoms with Crippen molar-refractivity contribution in [1.82, 2.24) is 5.01 Å². The van der Waals surface area contributed by atoms with Crippen molar-refractivity contribution in [2.45, 2.75) is 26.7 Å². The maximum Gasteiger partial charge on any atom is 0.327 e. The van der Waals surface area contributed by atoms with Crippen molar-refractivity contribution < 1.29 is 14.3 Å². The lowest BCUT2D eigenvalue weighted by Crippen LogP contribution is -2.36. The number of allylic oxidation sites excluding steroid dienone is 1. The van der Waals surface area contributed by atoms with Crippen molar-refractivity contribution in [2.24, 2.45) is 5.10 Å². The number of hydrazone groups is 1. The molecule has 0 radical (unpaired) electrons. The molecule has 0 aromatic heterocycles. The van der Waals surface area contributed by atoms with Gasteiger partial charge in [-0.3, -0.25) is 9.59 Å². The number of rotatable bonds is 5. The molecule has 1 aliphatic heterocycles. The summed E-state index contributed by atoms with van der Waals surface area (Å²) in [5.41, 5.74) is 3.06. The van der Waals surface area contributed by atoms with E-state index < -0.39 is 5.97 Å². The number of ether oxygens (including phenoxy) is 1. The van der Waals surface area contributed by atoms with Gasteiger partial charge < -0.3 is 4.74 Å². The number of esters is 1. The molecule has 1 aliphatic rings. The topological polar surface area (TPSA) is 59.0 Å². The van der Waals surface area contributed by atoms with Crippen molar-refractivity contribution in [2.75, 3.05) is 13.2 Å². The Balaban J connectivity index is 2.05. The van der Waals surface area contributed by atoms with Crippen LogP contribution in [0.2, 0.25) is 0 Å². The molecule has 116 valence electrons. The Morgan fingerprint density at radius 3 is 2.68 bits per heavy atom. The van der Waals surface area contributed by atoms with Gasteiger partial charge in [-0.05, 0) is 25.5 Å². The van der Waals surface area contributed by atoms with Crippen LogP contribution in [-0.2, 0) is 14.3 Å². The molecule has 1 heterocycles. The van der Waals surface area contributed by atoms with Crippen LogP contribution in [0.1, 0.15) is 30.9 Å². The third-order valence-corrected chi connectivity index (χ3v) is 3.26. The zero-order valence-corrected chi connectivity index (χ0v) is 12.9. The van der Waals surface area contributed by atoms with Gasteiger partial charge in [0.25, 0.3) is 0 Å². The molecule has 0 spiro atoms. The second-order valence-corrected chi connectivity index (χ2v) is 5.09. The number of aryl methyl sites for hydroxylation is 1. The molecule has 0 saturated heterocycles. The molecule has 0 N–H and O–H groups in total. The molecule has 0 unspecified atom stereocenters. The van der Waals surface area contributed by atoms with E-state index in [-0.39, 0.29) is 12.5 Å². The van der Waals surface area contributed by atoms with E-state index in [9.17, 15) is 9.59 Å². The Bertz CT molecular complexity index is 603. The van der Waals surface area contributed by atoms with Crippen molar-refractivity contribution in [3.8, 4) is 0 Å². The summed E-state index contributed by atoms with van der Waals surface area (Å²) in [6.45, 7) is 3.94. The predicted octanol–water partition coefficient (Wildman–Crippen LogP) is 2.55. The predicted molar refractivity (Wildman–Crippen MR) is 85.2 cm³/mol. The van der Waals surface area contributed by atoms with Crippen LogP contribution in [0.15, 0.2) is 35.4 Å². The zero-order chi connectivity index (χ0) is 15.9. The Hall–Kier alpha value is -2.43. The third-order valence-electron chi connectivity index (χ3n) is 3.26. The zero-order valence-electron chi connectivity index (χ0n) is 12.9. The highest BCUT2D eigenvalue weighted by atomic mass is 16.5. The summed E-state index contributed by atoms with van der Waals surface area (Å²) < 4.78 is 4.85. The van der Waals surface area contributed by atoms with Gasteiger partial charge in [0, 0.05) is 12.8 Å². The number of nitrogens with zero attached hydrogens (tertiary/aromatic N) is 2. The lowest BCUT2D eigenvalue weighted by Gasteiger charge is -2.21. The van der Waals surface area contributed by atoms with Gasteiger partial charge in [0.1, 0.15) is 6.54 Å². The van der Waals surface area contributed by atoms with Crippen LogP contribution in [-0.4, -0.2) is 35.7 Å². The van der Waals surface area contributed by atoms with E-state index in [0.717, 1.165) is 11.3 Å². The molecule has 1 amide bonds. The van der Waals surface area contributed by atoms with E-state index in [1.807, 2.05) is 43.3 Å². The summed E-state index contributed by atoms with van der Waals surface area (Å²) in [4.78, 5) is 23.2. The van der Waals surface area contributed by atoms with Crippen LogP contribution < -0.4 is 0 Å². The highest BCUT2D eigenvalue weighted by Gasteiger charge is 2.22. The number of hydrogen-bond donors (Lipinski definition) is 0. The number of hydrogen-bond acceptors (Lipinski definition) is 4. The van der Waals surface area contributed by atoms with Crippen LogP contribution >= 0.6 is 0 Å². The number of amides is 1. The van der Waals surface area contributed by atoms with Gasteiger partial charge in [-0.2, -0.15) is 5.10 Å². The van der Waals surface area contributed by atoms with E-state index in [1.165, 1.54) is 10.6 Å².